The molecule has 1 atom stereocenters. The quantitative estimate of drug-likeness (QED) is 0.655. The van der Waals surface area contributed by atoms with E-state index in [1.54, 1.807) is 49.4 Å². The molecular weight excluding hydrogens is 359 g/mol. The zero-order chi connectivity index (χ0) is 18.8. The number of pyridine rings is 1. The summed E-state index contributed by atoms with van der Waals surface area (Å²) in [5.74, 6) is -2.84. The van der Waals surface area contributed by atoms with Gasteiger partial charge >= 0.3 is 12.0 Å². The summed E-state index contributed by atoms with van der Waals surface area (Å²) in [7, 11) is 0. The van der Waals surface area contributed by atoms with Crippen molar-refractivity contribution < 1.29 is 17.9 Å². The molecule has 9 heteroatoms. The Morgan fingerprint density at radius 3 is 2.67 bits per heavy atom. The second-order valence-corrected chi connectivity index (χ2v) is 6.25. The molecule has 3 aromatic rings. The van der Waals surface area contributed by atoms with E-state index in [4.69, 9.17) is 4.74 Å². The van der Waals surface area contributed by atoms with Crippen LogP contribution in [0.5, 0.6) is 0 Å². The van der Waals surface area contributed by atoms with Crippen LogP contribution in [0.15, 0.2) is 59.6 Å². The van der Waals surface area contributed by atoms with Gasteiger partial charge in [0.15, 0.2) is 0 Å². The van der Waals surface area contributed by atoms with Crippen molar-refractivity contribution in [3.8, 4) is 0 Å². The maximum atomic E-state index is 14.5. The first-order valence-electron chi connectivity index (χ1n) is 8.13. The highest BCUT2D eigenvalue weighted by Crippen LogP contribution is 2.51. The second kappa shape index (κ2) is 5.09. The van der Waals surface area contributed by atoms with Gasteiger partial charge in [0.05, 0.1) is 16.6 Å². The molecule has 0 N–H and O–H groups in total. The van der Waals surface area contributed by atoms with E-state index in [1.165, 1.54) is 12.4 Å². The number of fused-ring (bicyclic) bond motifs is 5. The van der Waals surface area contributed by atoms with Crippen molar-refractivity contribution in [3.63, 3.8) is 0 Å². The smallest absolute Gasteiger partial charge is 0.421 e. The largest absolute Gasteiger partial charge is 0.474 e. The highest BCUT2D eigenvalue weighted by atomic mass is 19.4. The lowest BCUT2D eigenvalue weighted by Crippen LogP contribution is -2.58. The first-order chi connectivity index (χ1) is 12.9. The van der Waals surface area contributed by atoms with Crippen molar-refractivity contribution in [3.05, 3.63) is 65.9 Å². The van der Waals surface area contributed by atoms with E-state index < -0.39 is 12.0 Å². The molecule has 0 aliphatic carbocycles. The molecule has 0 saturated heterocycles. The summed E-state index contributed by atoms with van der Waals surface area (Å²) in [4.78, 5) is 8.28. The van der Waals surface area contributed by atoms with Crippen LogP contribution in [0.3, 0.4) is 0 Å². The zero-order valence-corrected chi connectivity index (χ0v) is 14.0. The van der Waals surface area contributed by atoms with E-state index in [-0.39, 0.29) is 17.4 Å². The number of alkyl halides is 3. The van der Waals surface area contributed by atoms with Gasteiger partial charge in [0.1, 0.15) is 5.82 Å². The van der Waals surface area contributed by atoms with E-state index in [1.807, 2.05) is 0 Å². The Morgan fingerprint density at radius 2 is 1.93 bits per heavy atom. The fourth-order valence-corrected chi connectivity index (χ4v) is 3.43. The Labute approximate surface area is 151 Å². The molecular formula is C18H12F3N5O. The number of ether oxygens (including phenoxy) is 1. The van der Waals surface area contributed by atoms with E-state index in [9.17, 15) is 13.2 Å². The van der Waals surface area contributed by atoms with Crippen LogP contribution in [-0.4, -0.2) is 31.6 Å². The van der Waals surface area contributed by atoms with Crippen molar-refractivity contribution in [1.29, 1.82) is 0 Å². The molecule has 0 saturated carbocycles. The molecule has 1 aromatic carbocycles. The van der Waals surface area contributed by atoms with E-state index in [0.29, 0.717) is 16.6 Å². The summed E-state index contributed by atoms with van der Waals surface area (Å²) in [5.41, 5.74) is 1.38. The number of imidazole rings is 1. The van der Waals surface area contributed by atoms with E-state index in [0.717, 1.165) is 9.58 Å². The van der Waals surface area contributed by atoms with Crippen LogP contribution in [0.2, 0.25) is 0 Å². The molecule has 2 aliphatic heterocycles. The maximum Gasteiger partial charge on any atom is 0.474 e. The molecule has 2 aliphatic rings. The lowest BCUT2D eigenvalue weighted by atomic mass is 10.2. The molecule has 27 heavy (non-hydrogen) atoms. The van der Waals surface area contributed by atoms with Gasteiger partial charge in [0, 0.05) is 24.2 Å². The van der Waals surface area contributed by atoms with E-state index in [2.05, 4.69) is 15.1 Å². The number of hydrogen-bond donors (Lipinski definition) is 0. The fraction of sp³-hybridized carbons (Fsp3) is 0.167. The molecule has 4 heterocycles. The summed E-state index contributed by atoms with van der Waals surface area (Å²) in [6.07, 6.45) is -0.303. The molecule has 0 radical (unpaired) electrons. The van der Waals surface area contributed by atoms with Crippen LogP contribution in [0.25, 0.3) is 17.1 Å². The third kappa shape index (κ3) is 1.99. The predicted molar refractivity (Wildman–Crippen MR) is 91.1 cm³/mol. The maximum absolute atomic E-state index is 14.5. The summed E-state index contributed by atoms with van der Waals surface area (Å²) in [6, 6.07) is 9.84. The third-order valence-corrected chi connectivity index (χ3v) is 4.56. The number of hydrogen-bond acceptors (Lipinski definition) is 5. The average molecular weight is 371 g/mol. The zero-order valence-electron chi connectivity index (χ0n) is 14.0. The average Bonchev–Trinajstić information content (AvgIpc) is 3.21. The Balaban J connectivity index is 1.80. The van der Waals surface area contributed by atoms with Crippen LogP contribution in [-0.2, 0) is 10.6 Å². The van der Waals surface area contributed by atoms with Gasteiger partial charge in [-0.1, -0.05) is 12.1 Å². The Hall–Kier alpha value is -3.36. The van der Waals surface area contributed by atoms with Crippen molar-refractivity contribution in [1.82, 2.24) is 19.5 Å². The van der Waals surface area contributed by atoms with Crippen molar-refractivity contribution in [2.24, 2.45) is 5.10 Å². The SMILES string of the molecule is CC1=Cc2nc3ccccc3n2C2(C(F)(F)F)OC(c3cccnc3)=NN12. The van der Waals surface area contributed by atoms with Crippen molar-refractivity contribution in [2.45, 2.75) is 18.9 Å². The number of benzene rings is 1. The minimum absolute atomic E-state index is 0.154. The molecule has 0 amide bonds. The summed E-state index contributed by atoms with van der Waals surface area (Å²) < 4.78 is 50.1. The molecule has 0 fully saturated rings. The minimum atomic E-state index is -4.80. The molecule has 136 valence electrons. The van der Waals surface area contributed by atoms with Crippen molar-refractivity contribution >= 4 is 23.0 Å². The molecule has 6 nitrogen and oxygen atoms in total. The van der Waals surface area contributed by atoms with Crippen LogP contribution in [0.4, 0.5) is 13.2 Å². The topological polar surface area (TPSA) is 55.5 Å². The fourth-order valence-electron chi connectivity index (χ4n) is 3.43. The second-order valence-electron chi connectivity index (χ2n) is 6.25. The predicted octanol–water partition coefficient (Wildman–Crippen LogP) is 3.67. The molecule has 5 rings (SSSR count). The Morgan fingerprint density at radius 1 is 1.11 bits per heavy atom. The number of nitrogens with zero attached hydrogens (tertiary/aromatic N) is 5. The van der Waals surface area contributed by atoms with Crippen molar-refractivity contribution in [2.75, 3.05) is 0 Å². The number of halogens is 3. The Bertz CT molecular complexity index is 1120. The van der Waals surface area contributed by atoms with E-state index >= 15 is 0 Å². The number of allylic oxidation sites excluding steroid dienone is 1. The first-order valence-corrected chi connectivity index (χ1v) is 8.13. The van der Waals surface area contributed by atoms with Gasteiger partial charge < -0.3 is 4.74 Å². The normalized spacial score (nSPS) is 21.4. The minimum Gasteiger partial charge on any atom is -0.421 e. The van der Waals surface area contributed by atoms with Gasteiger partial charge in [0.2, 0.25) is 5.90 Å². The summed E-state index contributed by atoms with van der Waals surface area (Å²) in [6.45, 7) is 1.54. The standard InChI is InChI=1S/C18H12F3N5O/c1-11-9-15-23-13-6-2-3-7-14(13)25(15)18(17(19,20)21)26(11)24-16(27-18)12-5-4-8-22-10-12/h2-10H,1H3. The molecule has 0 spiro atoms. The van der Waals surface area contributed by atoms with Gasteiger partial charge in [-0.3, -0.25) is 9.55 Å². The van der Waals surface area contributed by atoms with Crippen LogP contribution >= 0.6 is 0 Å². The van der Waals surface area contributed by atoms with Crippen LogP contribution in [0.1, 0.15) is 18.3 Å². The van der Waals surface area contributed by atoms with Crippen LogP contribution < -0.4 is 0 Å². The lowest BCUT2D eigenvalue weighted by Gasteiger charge is -2.41. The van der Waals surface area contributed by atoms with Crippen LogP contribution in [0, 0.1) is 0 Å². The number of rotatable bonds is 1. The van der Waals surface area contributed by atoms with Gasteiger partial charge in [-0.05, 0) is 31.2 Å². The van der Waals surface area contributed by atoms with Gasteiger partial charge in [-0.2, -0.15) is 18.2 Å². The first kappa shape index (κ1) is 15.9. The molecule has 1 unspecified atom stereocenters. The lowest BCUT2D eigenvalue weighted by molar-refractivity contribution is -0.333. The van der Waals surface area contributed by atoms with Gasteiger partial charge in [0.25, 0.3) is 0 Å². The monoisotopic (exact) mass is 371 g/mol. The number of aromatic nitrogens is 3. The highest BCUT2D eigenvalue weighted by molar-refractivity contribution is 5.95. The van der Waals surface area contributed by atoms with Gasteiger partial charge in [-0.15, -0.1) is 5.10 Å². The highest BCUT2D eigenvalue weighted by Gasteiger charge is 2.69. The third-order valence-electron chi connectivity index (χ3n) is 4.56. The van der Waals surface area contributed by atoms with Gasteiger partial charge in [-0.25, -0.2) is 4.98 Å². The summed E-state index contributed by atoms with van der Waals surface area (Å²) >= 11 is 0. The Kier molecular flexibility index (Phi) is 2.99. The number of hydrazone groups is 1. The molecule has 0 bridgehead atoms. The molecule has 2 aromatic heterocycles. The number of para-hydroxylation sites is 2. The summed E-state index contributed by atoms with van der Waals surface area (Å²) in [5, 5.41) is 4.99.